The maximum absolute atomic E-state index is 11.9. The van der Waals surface area contributed by atoms with Crippen LogP contribution in [0.5, 0.6) is 0 Å². The molecule has 2 atom stereocenters. The highest BCUT2D eigenvalue weighted by Gasteiger charge is 2.19. The largest absolute Gasteiger partial charge is 0.376 e. The van der Waals surface area contributed by atoms with Gasteiger partial charge in [0.15, 0.2) is 5.44 Å². The van der Waals surface area contributed by atoms with Crippen LogP contribution in [0.4, 0.5) is 0 Å². The summed E-state index contributed by atoms with van der Waals surface area (Å²) >= 11 is 0. The molecule has 1 heterocycles. The van der Waals surface area contributed by atoms with Crippen molar-refractivity contribution in [2.75, 3.05) is 0 Å². The number of hydrogen-bond acceptors (Lipinski definition) is 2. The molecule has 80 valence electrons. The predicted octanol–water partition coefficient (Wildman–Crippen LogP) is 2.29. The van der Waals surface area contributed by atoms with Gasteiger partial charge in [-0.2, -0.15) is 0 Å². The highest BCUT2D eigenvalue weighted by Crippen LogP contribution is 2.28. The van der Waals surface area contributed by atoms with Crippen molar-refractivity contribution >= 4 is 27.6 Å². The van der Waals surface area contributed by atoms with Crippen LogP contribution in [0, 0.1) is 0 Å². The van der Waals surface area contributed by atoms with Gasteiger partial charge in [0.1, 0.15) is 0 Å². The van der Waals surface area contributed by atoms with Crippen molar-refractivity contribution < 1.29 is 9.32 Å². The molecule has 0 saturated heterocycles. The summed E-state index contributed by atoms with van der Waals surface area (Å²) in [6, 6.07) is 11.8. The Bertz CT molecular complexity index is 616. The van der Waals surface area contributed by atoms with E-state index in [1.165, 1.54) is 0 Å². The molecule has 1 N–H and O–H groups in total. The minimum absolute atomic E-state index is 0.716. The van der Waals surface area contributed by atoms with Crippen LogP contribution in [0.15, 0.2) is 47.4 Å². The van der Waals surface area contributed by atoms with Crippen LogP contribution in [0.2, 0.25) is 0 Å². The smallest absolute Gasteiger partial charge is 0.152 e. The predicted molar refractivity (Wildman–Crippen MR) is 65.4 cm³/mol. The quantitative estimate of drug-likeness (QED) is 0.754. The average Bonchev–Trinajstić information content (AvgIpc) is 2.32. The first-order valence-electron chi connectivity index (χ1n) is 5.05. The summed E-state index contributed by atoms with van der Waals surface area (Å²) in [5, 5.41) is 11.7. The molecule has 0 spiro atoms. The van der Waals surface area contributed by atoms with Gasteiger partial charge in [-0.15, -0.1) is 0 Å². The summed E-state index contributed by atoms with van der Waals surface area (Å²) in [4.78, 5) is 0.716. The minimum Gasteiger partial charge on any atom is -0.376 e. The number of benzene rings is 2. The molecular formula is C13H10O2S. The molecule has 3 rings (SSSR count). The molecule has 0 aliphatic carbocycles. The third-order valence-corrected chi connectivity index (χ3v) is 4.14. The summed E-state index contributed by atoms with van der Waals surface area (Å²) in [6.45, 7) is 0. The van der Waals surface area contributed by atoms with Crippen LogP contribution in [-0.2, 0) is 10.8 Å². The van der Waals surface area contributed by atoms with Crippen LogP contribution in [0.1, 0.15) is 5.56 Å². The summed E-state index contributed by atoms with van der Waals surface area (Å²) < 4.78 is 11.9. The lowest BCUT2D eigenvalue weighted by atomic mass is 10.1. The second kappa shape index (κ2) is 3.54. The van der Waals surface area contributed by atoms with Crippen molar-refractivity contribution in [1.29, 1.82) is 0 Å². The van der Waals surface area contributed by atoms with Crippen LogP contribution in [0.25, 0.3) is 16.8 Å². The fourth-order valence-electron chi connectivity index (χ4n) is 1.93. The van der Waals surface area contributed by atoms with Crippen molar-refractivity contribution in [3.8, 4) is 0 Å². The van der Waals surface area contributed by atoms with E-state index in [2.05, 4.69) is 0 Å². The van der Waals surface area contributed by atoms with Crippen LogP contribution >= 0.6 is 0 Å². The normalized spacial score (nSPS) is 23.3. The topological polar surface area (TPSA) is 37.3 Å². The van der Waals surface area contributed by atoms with Gasteiger partial charge in [-0.25, -0.2) is 0 Å². The number of aliphatic hydroxyl groups excluding tert-OH is 1. The van der Waals surface area contributed by atoms with Crippen molar-refractivity contribution in [3.63, 3.8) is 0 Å². The Morgan fingerprint density at radius 2 is 1.81 bits per heavy atom. The van der Waals surface area contributed by atoms with Crippen molar-refractivity contribution in [1.82, 2.24) is 0 Å². The van der Waals surface area contributed by atoms with E-state index < -0.39 is 16.2 Å². The molecule has 2 aromatic carbocycles. The second-order valence-corrected chi connectivity index (χ2v) is 5.30. The van der Waals surface area contributed by atoms with Gasteiger partial charge < -0.3 is 5.11 Å². The maximum Gasteiger partial charge on any atom is 0.152 e. The van der Waals surface area contributed by atoms with E-state index in [0.29, 0.717) is 4.90 Å². The Balaban J connectivity index is 2.33. The lowest BCUT2D eigenvalue weighted by molar-refractivity contribution is 0.303. The molecule has 1 aliphatic heterocycles. The van der Waals surface area contributed by atoms with Gasteiger partial charge in [-0.3, -0.25) is 4.21 Å². The molecule has 1 aliphatic rings. The summed E-state index contributed by atoms with van der Waals surface area (Å²) in [5.41, 5.74) is 0.0518. The fourth-order valence-corrected chi connectivity index (χ4v) is 3.01. The SMILES string of the molecule is O=S1c2cc3ccccc3cc2C=CC1O. The first-order chi connectivity index (χ1) is 7.75. The molecule has 2 unspecified atom stereocenters. The van der Waals surface area contributed by atoms with Gasteiger partial charge in [-0.1, -0.05) is 30.3 Å². The zero-order valence-corrected chi connectivity index (χ0v) is 9.28. The highest BCUT2D eigenvalue weighted by atomic mass is 32.2. The van der Waals surface area contributed by atoms with Gasteiger partial charge >= 0.3 is 0 Å². The molecule has 0 fully saturated rings. The molecule has 0 radical (unpaired) electrons. The van der Waals surface area contributed by atoms with E-state index in [1.54, 1.807) is 6.08 Å². The van der Waals surface area contributed by atoms with Gasteiger partial charge in [-0.05, 0) is 34.5 Å². The van der Waals surface area contributed by atoms with E-state index in [4.69, 9.17) is 0 Å². The zero-order valence-electron chi connectivity index (χ0n) is 8.46. The third kappa shape index (κ3) is 1.40. The van der Waals surface area contributed by atoms with Crippen LogP contribution in [0.3, 0.4) is 0 Å². The Kier molecular flexibility index (Phi) is 2.16. The minimum atomic E-state index is -1.35. The van der Waals surface area contributed by atoms with Gasteiger partial charge in [0.25, 0.3) is 0 Å². The number of fused-ring (bicyclic) bond motifs is 2. The van der Waals surface area contributed by atoms with E-state index in [-0.39, 0.29) is 0 Å². The van der Waals surface area contributed by atoms with E-state index in [0.717, 1.165) is 16.3 Å². The summed E-state index contributed by atoms with van der Waals surface area (Å²) in [6.07, 6.45) is 3.40. The Morgan fingerprint density at radius 1 is 1.12 bits per heavy atom. The van der Waals surface area contributed by atoms with Crippen LogP contribution < -0.4 is 0 Å². The Morgan fingerprint density at radius 3 is 2.56 bits per heavy atom. The molecule has 0 saturated carbocycles. The first-order valence-corrected chi connectivity index (χ1v) is 6.27. The number of aliphatic hydroxyl groups is 1. The van der Waals surface area contributed by atoms with Gasteiger partial charge in [0.2, 0.25) is 0 Å². The number of hydrogen-bond donors (Lipinski definition) is 1. The van der Waals surface area contributed by atoms with E-state index in [1.807, 2.05) is 42.5 Å². The van der Waals surface area contributed by atoms with E-state index >= 15 is 0 Å². The molecule has 3 heteroatoms. The second-order valence-electron chi connectivity index (χ2n) is 3.78. The van der Waals surface area contributed by atoms with Crippen molar-refractivity contribution in [2.24, 2.45) is 0 Å². The van der Waals surface area contributed by atoms with Gasteiger partial charge in [0.05, 0.1) is 10.8 Å². The monoisotopic (exact) mass is 230 g/mol. The first kappa shape index (κ1) is 9.75. The van der Waals surface area contributed by atoms with Crippen LogP contribution in [-0.4, -0.2) is 14.8 Å². The van der Waals surface area contributed by atoms with Gasteiger partial charge in [0, 0.05) is 4.90 Å². The lowest BCUT2D eigenvalue weighted by Crippen LogP contribution is -2.15. The Hall–Kier alpha value is -1.45. The fraction of sp³-hybridized carbons (Fsp3) is 0.0769. The molecule has 2 aromatic rings. The molecule has 2 nitrogen and oxygen atoms in total. The highest BCUT2D eigenvalue weighted by molar-refractivity contribution is 7.85. The third-order valence-electron chi connectivity index (χ3n) is 2.75. The van der Waals surface area contributed by atoms with E-state index in [9.17, 15) is 9.32 Å². The Labute approximate surface area is 95.7 Å². The summed E-state index contributed by atoms with van der Waals surface area (Å²) in [5.74, 6) is 0. The molecule has 0 aromatic heterocycles. The molecule has 16 heavy (non-hydrogen) atoms. The zero-order chi connectivity index (χ0) is 11.1. The summed E-state index contributed by atoms with van der Waals surface area (Å²) in [7, 11) is -1.35. The lowest BCUT2D eigenvalue weighted by Gasteiger charge is -2.15. The van der Waals surface area contributed by atoms with Crippen molar-refractivity contribution in [3.05, 3.63) is 48.0 Å². The molecular weight excluding hydrogens is 220 g/mol. The molecule has 0 amide bonds. The number of rotatable bonds is 0. The molecule has 0 bridgehead atoms. The standard InChI is InChI=1S/C13H10O2S/c14-13-6-5-11-7-9-3-1-2-4-10(9)8-12(11)16(13)15/h1-8,13-14H. The van der Waals surface area contributed by atoms with Crippen molar-refractivity contribution in [2.45, 2.75) is 10.3 Å². The maximum atomic E-state index is 11.9. The average molecular weight is 230 g/mol.